The maximum Gasteiger partial charge on any atom is 0.407 e. The zero-order valence-corrected chi connectivity index (χ0v) is 37.5. The van der Waals surface area contributed by atoms with E-state index < -0.39 is 141 Å². The Bertz CT molecular complexity index is 2140. The van der Waals surface area contributed by atoms with Crippen LogP contribution in [0.1, 0.15) is 65.5 Å². The van der Waals surface area contributed by atoms with Crippen molar-refractivity contribution in [2.75, 3.05) is 26.4 Å². The zero-order valence-electron chi connectivity index (χ0n) is 37.5. The Hall–Kier alpha value is -6.69. The smallest absolute Gasteiger partial charge is 0.407 e. The van der Waals surface area contributed by atoms with Gasteiger partial charge < -0.3 is 67.8 Å². The van der Waals surface area contributed by atoms with Gasteiger partial charge in [0.15, 0.2) is 43.0 Å². The Morgan fingerprint density at radius 1 is 0.567 bits per heavy atom. The third kappa shape index (κ3) is 13.7. The molecule has 0 bridgehead atoms. The van der Waals surface area contributed by atoms with Crippen LogP contribution in [0.5, 0.6) is 0 Å². The number of carbonyl (C=O) groups excluding carboxylic acids is 8. The first-order chi connectivity index (χ1) is 31.7. The summed E-state index contributed by atoms with van der Waals surface area (Å²) in [7, 11) is 0. The Balaban J connectivity index is 1.47. The van der Waals surface area contributed by atoms with Gasteiger partial charge in [-0.3, -0.25) is 33.6 Å². The number of hydrogen-bond acceptors (Lipinski definition) is 20. The molecule has 11 atom stereocenters. The summed E-state index contributed by atoms with van der Waals surface area (Å²) in [6, 6.07) is 11.7. The predicted octanol–water partition coefficient (Wildman–Crippen LogP) is 1.19. The van der Waals surface area contributed by atoms with Crippen LogP contribution in [-0.2, 0) is 90.5 Å². The second kappa shape index (κ2) is 23.2. The molecule has 11 unspecified atom stereocenters. The summed E-state index contributed by atoms with van der Waals surface area (Å²) in [5.74, 6) is -8.14. The van der Waals surface area contributed by atoms with Crippen molar-refractivity contribution in [2.24, 2.45) is 0 Å². The van der Waals surface area contributed by atoms with Crippen LogP contribution in [-0.4, -0.2) is 153 Å². The minimum absolute atomic E-state index is 0.156. The summed E-state index contributed by atoms with van der Waals surface area (Å²) >= 11 is 0. The van der Waals surface area contributed by atoms with Crippen LogP contribution in [0.4, 0.5) is 4.79 Å². The van der Waals surface area contributed by atoms with Crippen LogP contribution in [0.15, 0.2) is 48.5 Å². The summed E-state index contributed by atoms with van der Waals surface area (Å²) in [5, 5.41) is 15.0. The highest BCUT2D eigenvalue weighted by Crippen LogP contribution is 2.44. The lowest BCUT2D eigenvalue weighted by atomic mass is 9.94. The first-order valence-corrected chi connectivity index (χ1v) is 20.9. The van der Waals surface area contributed by atoms with E-state index >= 15 is 0 Å². The number of carboxylic acids is 1. The third-order valence-corrected chi connectivity index (χ3v) is 10.4. The van der Waals surface area contributed by atoms with Gasteiger partial charge in [0.1, 0.15) is 44.2 Å². The second-order valence-electron chi connectivity index (χ2n) is 15.5. The van der Waals surface area contributed by atoms with Crippen molar-refractivity contribution < 1.29 is 100 Å². The summed E-state index contributed by atoms with van der Waals surface area (Å²) in [5.41, 5.74) is 3.74. The average Bonchev–Trinajstić information content (AvgIpc) is 3.56. The molecule has 0 spiro atoms. The molecule has 364 valence electrons. The number of rotatable bonds is 18. The van der Waals surface area contributed by atoms with Gasteiger partial charge >= 0.3 is 47.9 Å². The van der Waals surface area contributed by atoms with E-state index in [2.05, 4.69) is 10.6 Å². The molecule has 67 heavy (non-hydrogen) atoms. The van der Waals surface area contributed by atoms with E-state index in [9.17, 15) is 48.3 Å². The van der Waals surface area contributed by atoms with Crippen LogP contribution >= 0.6 is 0 Å². The van der Waals surface area contributed by atoms with Gasteiger partial charge in [-0.25, -0.2) is 9.59 Å². The number of alkyl carbamates (subject to hydrolysis) is 1. The number of amides is 2. The highest BCUT2D eigenvalue weighted by Gasteiger charge is 2.57. The molecule has 2 aromatic carbocycles. The molecule has 2 amide bonds. The monoisotopic (exact) mass is 944 g/mol. The molecular formula is C44H52N2O21. The highest BCUT2D eigenvalue weighted by molar-refractivity contribution is 5.81. The van der Waals surface area contributed by atoms with Gasteiger partial charge in [0, 0.05) is 54.4 Å². The number of fused-ring (bicyclic) bond motifs is 3. The molecule has 2 saturated heterocycles. The van der Waals surface area contributed by atoms with E-state index in [0.717, 1.165) is 70.7 Å². The van der Waals surface area contributed by atoms with Gasteiger partial charge in [0.2, 0.25) is 5.91 Å². The molecule has 2 fully saturated rings. The molecule has 2 heterocycles. The van der Waals surface area contributed by atoms with Gasteiger partial charge in [-0.15, -0.1) is 0 Å². The van der Waals surface area contributed by atoms with Crippen molar-refractivity contribution in [1.82, 2.24) is 10.6 Å². The lowest BCUT2D eigenvalue weighted by Crippen LogP contribution is -2.69. The fourth-order valence-electron chi connectivity index (χ4n) is 7.86. The van der Waals surface area contributed by atoms with Crippen LogP contribution in [0.2, 0.25) is 0 Å². The number of hydrogen-bond donors (Lipinski definition) is 3. The van der Waals surface area contributed by atoms with E-state index in [4.69, 9.17) is 52.1 Å². The van der Waals surface area contributed by atoms with Crippen molar-refractivity contribution in [3.8, 4) is 11.1 Å². The van der Waals surface area contributed by atoms with Crippen LogP contribution < -0.4 is 10.6 Å². The molecule has 3 N–H and O–H groups in total. The Labute approximate surface area is 383 Å². The molecule has 3 aliphatic rings. The largest absolute Gasteiger partial charge is 0.480 e. The molecule has 0 saturated carbocycles. The van der Waals surface area contributed by atoms with E-state index in [-0.39, 0.29) is 12.5 Å². The minimum atomic E-state index is -1.94. The van der Waals surface area contributed by atoms with Crippen LogP contribution in [0.25, 0.3) is 11.1 Å². The minimum Gasteiger partial charge on any atom is -0.480 e. The number of nitrogens with one attached hydrogen (secondary N) is 2. The highest BCUT2D eigenvalue weighted by atomic mass is 16.8. The van der Waals surface area contributed by atoms with Gasteiger partial charge in [-0.2, -0.15) is 0 Å². The third-order valence-electron chi connectivity index (χ3n) is 10.4. The molecule has 23 nitrogen and oxygen atoms in total. The quantitative estimate of drug-likeness (QED) is 0.140. The Morgan fingerprint density at radius 2 is 1.03 bits per heavy atom. The number of carbonyl (C=O) groups is 9. The maximum absolute atomic E-state index is 13.2. The van der Waals surface area contributed by atoms with Crippen LogP contribution in [0.3, 0.4) is 0 Å². The fourth-order valence-corrected chi connectivity index (χ4v) is 7.86. The molecule has 2 aromatic rings. The van der Waals surface area contributed by atoms with Gasteiger partial charge in [0.25, 0.3) is 0 Å². The van der Waals surface area contributed by atoms with E-state index in [0.29, 0.717) is 0 Å². The van der Waals surface area contributed by atoms with Crippen molar-refractivity contribution in [3.05, 3.63) is 59.7 Å². The molecule has 0 radical (unpaired) electrons. The molecular weight excluding hydrogens is 892 g/mol. The van der Waals surface area contributed by atoms with E-state index in [1.54, 1.807) is 0 Å². The zero-order chi connectivity index (χ0) is 49.1. The van der Waals surface area contributed by atoms with Gasteiger partial charge in [0.05, 0.1) is 6.61 Å². The van der Waals surface area contributed by atoms with Crippen molar-refractivity contribution >= 4 is 53.8 Å². The fraction of sp³-hybridized carbons (Fsp3) is 0.523. The first kappa shape index (κ1) is 51.3. The van der Waals surface area contributed by atoms with Crippen molar-refractivity contribution in [3.63, 3.8) is 0 Å². The second-order valence-corrected chi connectivity index (χ2v) is 15.5. The van der Waals surface area contributed by atoms with Crippen LogP contribution in [0, 0.1) is 0 Å². The average molecular weight is 945 g/mol. The Morgan fingerprint density at radius 3 is 1.51 bits per heavy atom. The number of carboxylic acid groups (broad SMARTS) is 1. The predicted molar refractivity (Wildman–Crippen MR) is 221 cm³/mol. The van der Waals surface area contributed by atoms with E-state index in [1.807, 2.05) is 48.5 Å². The number of aliphatic carboxylic acids is 1. The molecule has 1 aliphatic carbocycles. The Kier molecular flexibility index (Phi) is 17.7. The number of esters is 6. The summed E-state index contributed by atoms with van der Waals surface area (Å²) in [6.07, 6.45) is -16.5. The SMILES string of the molecule is CC(=O)NC1C(OCC(NC(=O)OCC2c3ccccc3-c3ccccc32)C(=O)O)OC(COC(C)=O)C(OC(C)=O)C1OC1OC(COC(C)=O)C(OC(C)=O)C(OC(C)=O)C1OC(C)=O. The molecule has 0 aromatic heterocycles. The molecule has 2 aliphatic heterocycles. The summed E-state index contributed by atoms with van der Waals surface area (Å²) < 4.78 is 62.6. The number of ether oxygens (including phenoxy) is 11. The van der Waals surface area contributed by atoms with Crippen molar-refractivity contribution in [1.29, 1.82) is 0 Å². The lowest BCUT2D eigenvalue weighted by molar-refractivity contribution is -0.347. The van der Waals surface area contributed by atoms with Gasteiger partial charge in [-0.05, 0) is 22.3 Å². The first-order valence-electron chi connectivity index (χ1n) is 20.9. The molecule has 5 rings (SSSR count). The molecule has 23 heteroatoms. The maximum atomic E-state index is 13.2. The summed E-state index contributed by atoms with van der Waals surface area (Å²) in [6.45, 7) is 4.88. The van der Waals surface area contributed by atoms with Crippen molar-refractivity contribution in [2.45, 2.75) is 122 Å². The lowest BCUT2D eigenvalue weighted by Gasteiger charge is -2.49. The number of benzene rings is 2. The summed E-state index contributed by atoms with van der Waals surface area (Å²) in [4.78, 5) is 113. The topological polar surface area (TPSA) is 299 Å². The van der Waals surface area contributed by atoms with Gasteiger partial charge in [-0.1, -0.05) is 48.5 Å². The normalized spacial score (nSPS) is 25.7. The van der Waals surface area contributed by atoms with E-state index in [1.165, 1.54) is 0 Å². The standard InChI is InChI=1S/C44H52N2O21/c1-20(47)45-35-38(67-43-40(64-26(7)53)39(63-25(6)52)37(62-24(5)51)34(66-43)19-58-22(3)49)36(61-23(4)50)33(18-57-21(2)48)65-42(35)59-17-32(41(54)55)46-44(56)60-16-31-29-14-10-8-12-27(29)28-13-9-11-15-30(28)31/h8-15,31-40,42-43H,16-19H2,1-7H3,(H,45,47)(H,46,56)(H,54,55).